The van der Waals surface area contributed by atoms with Gasteiger partial charge in [0, 0.05) is 26.3 Å². The van der Waals surface area contributed by atoms with Gasteiger partial charge in [-0.1, -0.05) is 26.2 Å². The first-order valence-electron chi connectivity index (χ1n) is 7.34. The van der Waals surface area contributed by atoms with E-state index in [-0.39, 0.29) is 10.5 Å². The van der Waals surface area contributed by atoms with Crippen molar-refractivity contribution in [3.8, 4) is 0 Å². The minimum atomic E-state index is -3.80. The predicted molar refractivity (Wildman–Crippen MR) is 86.9 cm³/mol. The fraction of sp³-hybridized carbons (Fsp3) is 0.533. The quantitative estimate of drug-likeness (QED) is 0.681. The number of nitrogens with one attached hydrogen (secondary N) is 1. The van der Waals surface area contributed by atoms with E-state index in [1.807, 2.05) is 0 Å². The molecule has 0 fully saturated rings. The van der Waals surface area contributed by atoms with E-state index in [1.54, 1.807) is 6.07 Å². The first-order valence-corrected chi connectivity index (χ1v) is 8.78. The zero-order chi connectivity index (χ0) is 16.8. The maximum atomic E-state index is 12.3. The van der Waals surface area contributed by atoms with Gasteiger partial charge in [0.05, 0.1) is 10.5 Å². The molecule has 2 N–H and O–H groups in total. The van der Waals surface area contributed by atoms with Gasteiger partial charge in [0.15, 0.2) is 0 Å². The Labute approximate surface area is 132 Å². The van der Waals surface area contributed by atoms with Crippen molar-refractivity contribution in [3.63, 3.8) is 0 Å². The molecule has 0 spiro atoms. The summed E-state index contributed by atoms with van der Waals surface area (Å²) in [4.78, 5) is 11.0. The van der Waals surface area contributed by atoms with E-state index in [0.29, 0.717) is 5.69 Å². The fourth-order valence-corrected chi connectivity index (χ4v) is 3.11. The molecule has 1 aromatic rings. The average Bonchev–Trinajstić information content (AvgIpc) is 2.46. The lowest BCUT2D eigenvalue weighted by molar-refractivity contribution is 0.0692. The van der Waals surface area contributed by atoms with Gasteiger partial charge in [-0.2, -0.15) is 0 Å². The third-order valence-electron chi connectivity index (χ3n) is 3.33. The van der Waals surface area contributed by atoms with Crippen LogP contribution in [0.4, 0.5) is 5.69 Å². The number of unbranched alkanes of at least 4 members (excludes halogenated alkanes) is 3. The largest absolute Gasteiger partial charge is 0.478 e. The van der Waals surface area contributed by atoms with E-state index in [0.717, 1.165) is 30.1 Å². The lowest BCUT2D eigenvalue weighted by Crippen LogP contribution is -2.24. The Bertz CT molecular complexity index is 612. The zero-order valence-corrected chi connectivity index (χ0v) is 14.1. The van der Waals surface area contributed by atoms with Gasteiger partial charge in [-0.15, -0.1) is 0 Å². The molecular formula is C15H24N2O4S. The molecule has 22 heavy (non-hydrogen) atoms. The summed E-state index contributed by atoms with van der Waals surface area (Å²) in [7, 11) is -1.04. The molecule has 0 amide bonds. The molecule has 7 heteroatoms. The molecule has 1 rings (SSSR count). The van der Waals surface area contributed by atoms with Crippen LogP contribution in [0.15, 0.2) is 23.1 Å². The molecule has 6 nitrogen and oxygen atoms in total. The van der Waals surface area contributed by atoms with E-state index >= 15 is 0 Å². The SMILES string of the molecule is CCCCCCNc1ccc(C(=O)O)c(S(=O)(=O)N(C)C)c1. The Morgan fingerprint density at radius 3 is 2.45 bits per heavy atom. The minimum Gasteiger partial charge on any atom is -0.478 e. The molecule has 0 saturated heterocycles. The van der Waals surface area contributed by atoms with Crippen LogP contribution in [0.3, 0.4) is 0 Å². The van der Waals surface area contributed by atoms with E-state index in [9.17, 15) is 18.3 Å². The molecule has 0 aliphatic rings. The number of nitrogens with zero attached hydrogens (tertiary/aromatic N) is 1. The van der Waals surface area contributed by atoms with Crippen molar-refractivity contribution in [2.75, 3.05) is 26.0 Å². The van der Waals surface area contributed by atoms with E-state index in [1.165, 1.54) is 32.6 Å². The molecule has 1 aromatic carbocycles. The summed E-state index contributed by atoms with van der Waals surface area (Å²) < 4.78 is 25.5. The van der Waals surface area contributed by atoms with Gasteiger partial charge in [0.2, 0.25) is 10.0 Å². The second kappa shape index (κ2) is 8.14. The van der Waals surface area contributed by atoms with Crippen LogP contribution < -0.4 is 5.32 Å². The number of hydrogen-bond donors (Lipinski definition) is 2. The van der Waals surface area contributed by atoms with Crippen LogP contribution in [0, 0.1) is 0 Å². The van der Waals surface area contributed by atoms with E-state index in [2.05, 4.69) is 12.2 Å². The van der Waals surface area contributed by atoms with Crippen LogP contribution in [-0.2, 0) is 10.0 Å². The molecule has 0 aromatic heterocycles. The molecule has 0 atom stereocenters. The summed E-state index contributed by atoms with van der Waals surface area (Å²) in [6, 6.07) is 4.31. The Balaban J connectivity index is 2.98. The number of rotatable bonds is 9. The highest BCUT2D eigenvalue weighted by atomic mass is 32.2. The zero-order valence-electron chi connectivity index (χ0n) is 13.3. The molecule has 0 aliphatic heterocycles. The third kappa shape index (κ3) is 4.71. The highest BCUT2D eigenvalue weighted by Crippen LogP contribution is 2.23. The number of hydrogen-bond acceptors (Lipinski definition) is 4. The highest BCUT2D eigenvalue weighted by molar-refractivity contribution is 7.89. The van der Waals surface area contributed by atoms with Crippen molar-refractivity contribution in [1.29, 1.82) is 0 Å². The molecule has 0 bridgehead atoms. The maximum absolute atomic E-state index is 12.3. The smallest absolute Gasteiger partial charge is 0.337 e. The van der Waals surface area contributed by atoms with Crippen molar-refractivity contribution in [3.05, 3.63) is 23.8 Å². The van der Waals surface area contributed by atoms with Gasteiger partial charge in [0.25, 0.3) is 0 Å². The number of carboxylic acid groups (broad SMARTS) is 1. The van der Waals surface area contributed by atoms with Crippen LogP contribution in [-0.4, -0.2) is 44.4 Å². The van der Waals surface area contributed by atoms with Gasteiger partial charge in [0.1, 0.15) is 0 Å². The van der Waals surface area contributed by atoms with Gasteiger partial charge in [-0.3, -0.25) is 0 Å². The molecule has 124 valence electrons. The van der Waals surface area contributed by atoms with Crippen molar-refractivity contribution in [2.45, 2.75) is 37.5 Å². The summed E-state index contributed by atoms with van der Waals surface area (Å²) in [6.45, 7) is 2.87. The number of sulfonamides is 1. The lowest BCUT2D eigenvalue weighted by Gasteiger charge is -2.15. The standard InChI is InChI=1S/C15H24N2O4S/c1-4-5-6-7-10-16-12-8-9-13(15(18)19)14(11-12)22(20,21)17(2)3/h8-9,11,16H,4-7,10H2,1-3H3,(H,18,19). The molecular weight excluding hydrogens is 304 g/mol. The Morgan fingerprint density at radius 2 is 1.91 bits per heavy atom. The molecule has 0 heterocycles. The van der Waals surface area contributed by atoms with E-state index < -0.39 is 16.0 Å². The van der Waals surface area contributed by atoms with Crippen molar-refractivity contribution in [2.24, 2.45) is 0 Å². The number of benzene rings is 1. The average molecular weight is 328 g/mol. The van der Waals surface area contributed by atoms with Crippen molar-refractivity contribution in [1.82, 2.24) is 4.31 Å². The van der Waals surface area contributed by atoms with Crippen LogP contribution in [0.25, 0.3) is 0 Å². The van der Waals surface area contributed by atoms with Gasteiger partial charge in [-0.05, 0) is 24.6 Å². The van der Waals surface area contributed by atoms with Crippen molar-refractivity contribution >= 4 is 21.7 Å². The number of anilines is 1. The first kappa shape index (κ1) is 18.4. The second-order valence-electron chi connectivity index (χ2n) is 5.29. The lowest BCUT2D eigenvalue weighted by atomic mass is 10.2. The fourth-order valence-electron chi connectivity index (χ4n) is 2.00. The summed E-state index contributed by atoms with van der Waals surface area (Å²) in [5, 5.41) is 12.3. The summed E-state index contributed by atoms with van der Waals surface area (Å²) in [6.07, 6.45) is 4.42. The van der Waals surface area contributed by atoms with Gasteiger partial charge >= 0.3 is 5.97 Å². The van der Waals surface area contributed by atoms with Crippen molar-refractivity contribution < 1.29 is 18.3 Å². The Kier molecular flexibility index (Phi) is 6.83. The highest BCUT2D eigenvalue weighted by Gasteiger charge is 2.24. The third-order valence-corrected chi connectivity index (χ3v) is 5.19. The normalized spacial score (nSPS) is 11.6. The maximum Gasteiger partial charge on any atom is 0.337 e. The number of aromatic carboxylic acids is 1. The topological polar surface area (TPSA) is 86.7 Å². The molecule has 0 unspecified atom stereocenters. The summed E-state index contributed by atoms with van der Waals surface area (Å²) in [5.41, 5.74) is 0.396. The first-order chi connectivity index (χ1) is 10.3. The van der Waals surface area contributed by atoms with Crippen LogP contribution in [0.5, 0.6) is 0 Å². The second-order valence-corrected chi connectivity index (χ2v) is 7.41. The van der Waals surface area contributed by atoms with Gasteiger partial charge < -0.3 is 10.4 Å². The monoisotopic (exact) mass is 328 g/mol. The van der Waals surface area contributed by atoms with Crippen LogP contribution in [0.1, 0.15) is 43.0 Å². The minimum absolute atomic E-state index is 0.191. The van der Waals surface area contributed by atoms with Crippen LogP contribution >= 0.6 is 0 Å². The molecule has 0 radical (unpaired) electrons. The Morgan fingerprint density at radius 1 is 1.23 bits per heavy atom. The number of carboxylic acids is 1. The molecule has 0 aliphatic carbocycles. The Hall–Kier alpha value is -1.60. The predicted octanol–water partition coefficient (Wildman–Crippen LogP) is 2.63. The van der Waals surface area contributed by atoms with E-state index in [4.69, 9.17) is 0 Å². The van der Waals surface area contributed by atoms with Gasteiger partial charge in [-0.25, -0.2) is 17.5 Å². The molecule has 0 saturated carbocycles. The number of carbonyl (C=O) groups is 1. The summed E-state index contributed by atoms with van der Waals surface area (Å²) >= 11 is 0. The van der Waals surface area contributed by atoms with Crippen LogP contribution in [0.2, 0.25) is 0 Å². The summed E-state index contributed by atoms with van der Waals surface area (Å²) in [5.74, 6) is -1.25.